The minimum Gasteiger partial charge on any atom is -0.349 e. The largest absolute Gasteiger partial charge is 0.349 e. The third-order valence-corrected chi connectivity index (χ3v) is 5.32. The van der Waals surface area contributed by atoms with Crippen molar-refractivity contribution in [1.29, 1.82) is 0 Å². The van der Waals surface area contributed by atoms with E-state index in [1.807, 2.05) is 50.1 Å². The fourth-order valence-electron chi connectivity index (χ4n) is 3.59. The average molecular weight is 351 g/mol. The van der Waals surface area contributed by atoms with E-state index in [2.05, 4.69) is 26.9 Å². The van der Waals surface area contributed by atoms with Crippen LogP contribution in [0.4, 0.5) is 0 Å². The Kier molecular flexibility index (Phi) is 4.05. The van der Waals surface area contributed by atoms with Crippen LogP contribution in [-0.4, -0.2) is 31.3 Å². The standard InChI is InChI=1S/C20H25N5O/c1-12(9-17-13(2)23-24(4)14(17)3)22-20(26)15-5-8-19-18(10-15)21-11-25(19)16-6-7-16/h5,8,10-12,16H,6-7,9H2,1-4H3,(H,22,26)/t12-/m1/s1. The molecule has 1 fully saturated rings. The normalized spacial score (nSPS) is 15.4. The number of carbonyl (C=O) groups excluding carboxylic acids is 1. The molecular formula is C20H25N5O. The molecule has 1 atom stereocenters. The van der Waals surface area contributed by atoms with Crippen LogP contribution in [0.5, 0.6) is 0 Å². The number of aryl methyl sites for hydroxylation is 2. The van der Waals surface area contributed by atoms with Crippen LogP contribution in [-0.2, 0) is 13.5 Å². The Balaban J connectivity index is 1.48. The van der Waals surface area contributed by atoms with Gasteiger partial charge in [0.2, 0.25) is 0 Å². The van der Waals surface area contributed by atoms with E-state index in [9.17, 15) is 4.79 Å². The summed E-state index contributed by atoms with van der Waals surface area (Å²) < 4.78 is 4.11. The van der Waals surface area contributed by atoms with Crippen LogP contribution in [0.2, 0.25) is 0 Å². The Hall–Kier alpha value is -2.63. The zero-order valence-electron chi connectivity index (χ0n) is 15.8. The van der Waals surface area contributed by atoms with Gasteiger partial charge in [0.15, 0.2) is 0 Å². The SMILES string of the molecule is Cc1nn(C)c(C)c1C[C@@H](C)NC(=O)c1ccc2c(c1)ncn2C1CC1. The quantitative estimate of drug-likeness (QED) is 0.768. The number of nitrogens with zero attached hydrogens (tertiary/aromatic N) is 4. The maximum atomic E-state index is 12.7. The van der Waals surface area contributed by atoms with Crippen molar-refractivity contribution in [2.75, 3.05) is 0 Å². The van der Waals surface area contributed by atoms with E-state index in [4.69, 9.17) is 0 Å². The Labute approximate surface area is 153 Å². The van der Waals surface area contributed by atoms with E-state index in [1.54, 1.807) is 0 Å². The lowest BCUT2D eigenvalue weighted by Gasteiger charge is -2.14. The molecule has 0 radical (unpaired) electrons. The number of imidazole rings is 1. The Morgan fingerprint density at radius 1 is 1.35 bits per heavy atom. The van der Waals surface area contributed by atoms with Gasteiger partial charge in [-0.05, 0) is 63.8 Å². The number of carbonyl (C=O) groups is 1. The van der Waals surface area contributed by atoms with Crippen molar-refractivity contribution in [3.05, 3.63) is 47.0 Å². The van der Waals surface area contributed by atoms with Gasteiger partial charge in [0.1, 0.15) is 0 Å². The molecule has 1 aromatic carbocycles. The Bertz CT molecular complexity index is 980. The zero-order chi connectivity index (χ0) is 18.4. The summed E-state index contributed by atoms with van der Waals surface area (Å²) in [6.45, 7) is 6.11. The summed E-state index contributed by atoms with van der Waals surface area (Å²) in [6, 6.07) is 6.41. The maximum absolute atomic E-state index is 12.7. The summed E-state index contributed by atoms with van der Waals surface area (Å²) in [4.78, 5) is 17.1. The van der Waals surface area contributed by atoms with Gasteiger partial charge in [-0.25, -0.2) is 4.98 Å². The topological polar surface area (TPSA) is 64.7 Å². The zero-order valence-corrected chi connectivity index (χ0v) is 15.8. The van der Waals surface area contributed by atoms with Crippen LogP contribution in [0.15, 0.2) is 24.5 Å². The molecule has 1 aliphatic carbocycles. The molecule has 136 valence electrons. The third kappa shape index (κ3) is 3.00. The number of aromatic nitrogens is 4. The van der Waals surface area contributed by atoms with Crippen LogP contribution in [0, 0.1) is 13.8 Å². The first kappa shape index (κ1) is 16.8. The first-order chi connectivity index (χ1) is 12.4. The lowest BCUT2D eigenvalue weighted by molar-refractivity contribution is 0.0940. The highest BCUT2D eigenvalue weighted by molar-refractivity contribution is 5.97. The van der Waals surface area contributed by atoms with Gasteiger partial charge in [-0.15, -0.1) is 0 Å². The second-order valence-electron chi connectivity index (χ2n) is 7.44. The van der Waals surface area contributed by atoms with Crippen LogP contribution in [0.3, 0.4) is 0 Å². The summed E-state index contributed by atoms with van der Waals surface area (Å²) >= 11 is 0. The van der Waals surface area contributed by atoms with E-state index in [0.29, 0.717) is 11.6 Å². The third-order valence-electron chi connectivity index (χ3n) is 5.32. The molecule has 6 heteroatoms. The van der Waals surface area contributed by atoms with Gasteiger partial charge in [0.05, 0.1) is 23.1 Å². The van der Waals surface area contributed by atoms with Crippen molar-refractivity contribution in [3.63, 3.8) is 0 Å². The predicted octanol–water partition coefficient (Wildman–Crippen LogP) is 3.08. The highest BCUT2D eigenvalue weighted by Gasteiger charge is 2.25. The molecule has 0 aliphatic heterocycles. The number of amides is 1. The molecule has 1 saturated carbocycles. The van der Waals surface area contributed by atoms with E-state index in [1.165, 1.54) is 18.4 Å². The first-order valence-corrected chi connectivity index (χ1v) is 9.20. The van der Waals surface area contributed by atoms with Gasteiger partial charge in [-0.3, -0.25) is 9.48 Å². The Morgan fingerprint density at radius 3 is 2.77 bits per heavy atom. The summed E-state index contributed by atoms with van der Waals surface area (Å²) in [6.07, 6.45) is 5.10. The molecule has 6 nitrogen and oxygen atoms in total. The molecule has 1 amide bonds. The summed E-state index contributed by atoms with van der Waals surface area (Å²) in [7, 11) is 1.95. The van der Waals surface area contributed by atoms with Crippen LogP contribution in [0.1, 0.15) is 53.1 Å². The molecule has 26 heavy (non-hydrogen) atoms. The molecule has 1 N–H and O–H groups in total. The van der Waals surface area contributed by atoms with Gasteiger partial charge >= 0.3 is 0 Å². The van der Waals surface area contributed by atoms with Gasteiger partial charge in [-0.1, -0.05) is 0 Å². The predicted molar refractivity (Wildman–Crippen MR) is 101 cm³/mol. The molecule has 0 unspecified atom stereocenters. The number of benzene rings is 1. The van der Waals surface area contributed by atoms with Gasteiger partial charge in [0.25, 0.3) is 5.91 Å². The number of rotatable bonds is 5. The second kappa shape index (κ2) is 6.27. The van der Waals surface area contributed by atoms with Crippen LogP contribution >= 0.6 is 0 Å². The molecule has 2 heterocycles. The monoisotopic (exact) mass is 351 g/mol. The minimum absolute atomic E-state index is 0.0313. The van der Waals surface area contributed by atoms with E-state index in [-0.39, 0.29) is 11.9 Å². The number of hydrogen-bond donors (Lipinski definition) is 1. The first-order valence-electron chi connectivity index (χ1n) is 9.20. The molecule has 2 aromatic heterocycles. The van der Waals surface area contributed by atoms with Gasteiger partial charge in [0, 0.05) is 30.4 Å². The summed E-state index contributed by atoms with van der Waals surface area (Å²) in [5.74, 6) is -0.0560. The fourth-order valence-corrected chi connectivity index (χ4v) is 3.59. The van der Waals surface area contributed by atoms with Crippen molar-refractivity contribution in [1.82, 2.24) is 24.6 Å². The van der Waals surface area contributed by atoms with Gasteiger partial charge in [-0.2, -0.15) is 5.10 Å². The van der Waals surface area contributed by atoms with Crippen molar-refractivity contribution >= 4 is 16.9 Å². The van der Waals surface area contributed by atoms with E-state index < -0.39 is 0 Å². The number of nitrogens with one attached hydrogen (secondary N) is 1. The maximum Gasteiger partial charge on any atom is 0.251 e. The molecule has 3 aromatic rings. The Morgan fingerprint density at radius 2 is 2.12 bits per heavy atom. The second-order valence-corrected chi connectivity index (χ2v) is 7.44. The van der Waals surface area contributed by atoms with Crippen LogP contribution < -0.4 is 5.32 Å². The number of fused-ring (bicyclic) bond motifs is 1. The fraction of sp³-hybridized carbons (Fsp3) is 0.450. The average Bonchev–Trinajstić information content (AvgIpc) is 3.32. The molecule has 0 saturated heterocycles. The smallest absolute Gasteiger partial charge is 0.251 e. The molecule has 0 bridgehead atoms. The summed E-state index contributed by atoms with van der Waals surface area (Å²) in [5, 5.41) is 7.55. The molecular weight excluding hydrogens is 326 g/mol. The lowest BCUT2D eigenvalue weighted by Crippen LogP contribution is -2.34. The molecule has 0 spiro atoms. The molecule has 1 aliphatic rings. The minimum atomic E-state index is -0.0560. The lowest BCUT2D eigenvalue weighted by atomic mass is 10.0. The van der Waals surface area contributed by atoms with Gasteiger partial charge < -0.3 is 9.88 Å². The summed E-state index contributed by atoms with van der Waals surface area (Å²) in [5.41, 5.74) is 6.03. The molecule has 4 rings (SSSR count). The number of hydrogen-bond acceptors (Lipinski definition) is 3. The van der Waals surface area contributed by atoms with Crippen molar-refractivity contribution < 1.29 is 4.79 Å². The van der Waals surface area contributed by atoms with Crippen molar-refractivity contribution in [3.8, 4) is 0 Å². The van der Waals surface area contributed by atoms with E-state index >= 15 is 0 Å². The highest BCUT2D eigenvalue weighted by Crippen LogP contribution is 2.37. The van der Waals surface area contributed by atoms with E-state index in [0.717, 1.165) is 28.8 Å². The highest BCUT2D eigenvalue weighted by atomic mass is 16.1. The van der Waals surface area contributed by atoms with Crippen molar-refractivity contribution in [2.24, 2.45) is 7.05 Å². The van der Waals surface area contributed by atoms with Crippen molar-refractivity contribution in [2.45, 2.75) is 52.1 Å². The van der Waals surface area contributed by atoms with Crippen LogP contribution in [0.25, 0.3) is 11.0 Å².